The number of hydrogen-bond donors (Lipinski definition) is 1. The number of aryl methyl sites for hydroxylation is 2. The fourth-order valence-electron chi connectivity index (χ4n) is 2.48. The third-order valence-electron chi connectivity index (χ3n) is 3.73. The molecule has 1 aliphatic rings. The largest absolute Gasteiger partial charge is 0.316 e. The summed E-state index contributed by atoms with van der Waals surface area (Å²) < 4.78 is 0. The molecule has 3 heterocycles. The summed E-state index contributed by atoms with van der Waals surface area (Å²) >= 11 is 1.73. The molecule has 1 aliphatic heterocycles. The second kappa shape index (κ2) is 5.39. The molecule has 0 aromatic carbocycles. The van der Waals surface area contributed by atoms with Gasteiger partial charge in [0.25, 0.3) is 0 Å². The summed E-state index contributed by atoms with van der Waals surface area (Å²) in [6, 6.07) is 6.32. The van der Waals surface area contributed by atoms with E-state index in [0.29, 0.717) is 5.92 Å². The molecule has 2 aromatic rings. The monoisotopic (exact) mass is 273 g/mol. The fraction of sp³-hybridized carbons (Fsp3) is 0.467. The van der Waals surface area contributed by atoms with Crippen LogP contribution in [0.15, 0.2) is 18.2 Å². The molecular formula is C15H19N3S. The fourth-order valence-corrected chi connectivity index (χ4v) is 3.37. The van der Waals surface area contributed by atoms with E-state index in [2.05, 4.69) is 42.3 Å². The van der Waals surface area contributed by atoms with Crippen molar-refractivity contribution in [1.29, 1.82) is 0 Å². The normalized spacial score (nSPS) is 19.6. The maximum atomic E-state index is 4.83. The molecule has 1 atom stereocenters. The van der Waals surface area contributed by atoms with E-state index in [0.717, 1.165) is 29.5 Å². The number of hydrogen-bond acceptors (Lipinski definition) is 4. The summed E-state index contributed by atoms with van der Waals surface area (Å²) in [5.41, 5.74) is 3.34. The van der Waals surface area contributed by atoms with E-state index < -0.39 is 0 Å². The Morgan fingerprint density at radius 3 is 2.84 bits per heavy atom. The van der Waals surface area contributed by atoms with Gasteiger partial charge < -0.3 is 5.32 Å². The first-order chi connectivity index (χ1) is 9.24. The van der Waals surface area contributed by atoms with Gasteiger partial charge in [-0.1, -0.05) is 6.07 Å². The van der Waals surface area contributed by atoms with Crippen molar-refractivity contribution < 1.29 is 0 Å². The number of aromatic nitrogens is 2. The molecule has 0 amide bonds. The molecule has 0 aliphatic carbocycles. The average Bonchev–Trinajstić information content (AvgIpc) is 2.80. The number of rotatable bonds is 2. The van der Waals surface area contributed by atoms with E-state index in [4.69, 9.17) is 4.98 Å². The second-order valence-corrected chi connectivity index (χ2v) is 6.35. The highest BCUT2D eigenvalue weighted by Crippen LogP contribution is 2.28. The molecule has 0 radical (unpaired) electrons. The van der Waals surface area contributed by atoms with E-state index in [1.165, 1.54) is 23.4 Å². The Balaban J connectivity index is 1.90. The Morgan fingerprint density at radius 2 is 2.16 bits per heavy atom. The summed E-state index contributed by atoms with van der Waals surface area (Å²) in [5, 5.41) is 4.49. The van der Waals surface area contributed by atoms with E-state index in [1.54, 1.807) is 11.3 Å². The standard InChI is InChI=1S/C15H19N3S/c1-10-11(2)19-15(17-10)14-7-3-6-13(18-14)12-5-4-8-16-9-12/h3,6-7,12,16H,4-5,8-9H2,1-2H3. The van der Waals surface area contributed by atoms with E-state index >= 15 is 0 Å². The molecule has 1 fully saturated rings. The van der Waals surface area contributed by atoms with Crippen LogP contribution in [-0.4, -0.2) is 23.1 Å². The molecule has 2 aromatic heterocycles. The van der Waals surface area contributed by atoms with Gasteiger partial charge in [-0.15, -0.1) is 11.3 Å². The topological polar surface area (TPSA) is 37.8 Å². The molecule has 0 saturated carbocycles. The van der Waals surface area contributed by atoms with Crippen molar-refractivity contribution >= 4 is 11.3 Å². The Kier molecular flexibility index (Phi) is 3.62. The first-order valence-electron chi connectivity index (χ1n) is 6.86. The molecule has 1 unspecified atom stereocenters. The molecule has 1 saturated heterocycles. The Labute approximate surface area is 118 Å². The zero-order valence-corrected chi connectivity index (χ0v) is 12.3. The van der Waals surface area contributed by atoms with Gasteiger partial charge in [-0.25, -0.2) is 9.97 Å². The van der Waals surface area contributed by atoms with Crippen molar-refractivity contribution in [3.8, 4) is 10.7 Å². The summed E-state index contributed by atoms with van der Waals surface area (Å²) in [7, 11) is 0. The SMILES string of the molecule is Cc1nc(-c2cccc(C3CCCNC3)n2)sc1C. The molecule has 3 rings (SSSR count). The van der Waals surface area contributed by atoms with Gasteiger partial charge in [0, 0.05) is 23.0 Å². The summed E-state index contributed by atoms with van der Waals surface area (Å²) in [6.45, 7) is 6.36. The molecule has 0 bridgehead atoms. The number of piperidine rings is 1. The third kappa shape index (κ3) is 2.69. The van der Waals surface area contributed by atoms with Gasteiger partial charge in [0.05, 0.1) is 11.4 Å². The molecule has 1 N–H and O–H groups in total. The zero-order valence-electron chi connectivity index (χ0n) is 11.4. The summed E-state index contributed by atoms with van der Waals surface area (Å²) in [5.74, 6) is 0.552. The molecule has 3 nitrogen and oxygen atoms in total. The third-order valence-corrected chi connectivity index (χ3v) is 4.83. The minimum atomic E-state index is 0.552. The van der Waals surface area contributed by atoms with Crippen molar-refractivity contribution in [2.45, 2.75) is 32.6 Å². The van der Waals surface area contributed by atoms with E-state index in [9.17, 15) is 0 Å². The van der Waals surface area contributed by atoms with Crippen LogP contribution in [0.4, 0.5) is 0 Å². The summed E-state index contributed by atoms with van der Waals surface area (Å²) in [4.78, 5) is 10.7. The van der Waals surface area contributed by atoms with Crippen molar-refractivity contribution in [2.24, 2.45) is 0 Å². The Bertz CT molecular complexity index is 551. The highest BCUT2D eigenvalue weighted by molar-refractivity contribution is 7.15. The van der Waals surface area contributed by atoms with Gasteiger partial charge in [0.2, 0.25) is 0 Å². The molecule has 4 heteroatoms. The zero-order chi connectivity index (χ0) is 13.2. The number of pyridine rings is 1. The van der Waals surface area contributed by atoms with Crippen LogP contribution < -0.4 is 5.32 Å². The maximum Gasteiger partial charge on any atom is 0.142 e. The number of nitrogens with one attached hydrogen (secondary N) is 1. The lowest BCUT2D eigenvalue weighted by Crippen LogP contribution is -2.28. The van der Waals surface area contributed by atoms with Gasteiger partial charge >= 0.3 is 0 Å². The van der Waals surface area contributed by atoms with Crippen LogP contribution in [0, 0.1) is 13.8 Å². The highest BCUT2D eigenvalue weighted by Gasteiger charge is 2.17. The van der Waals surface area contributed by atoms with Crippen LogP contribution in [0.25, 0.3) is 10.7 Å². The van der Waals surface area contributed by atoms with Crippen molar-refractivity contribution in [1.82, 2.24) is 15.3 Å². The van der Waals surface area contributed by atoms with Crippen molar-refractivity contribution in [3.05, 3.63) is 34.5 Å². The number of thiazole rings is 1. The number of nitrogens with zero attached hydrogens (tertiary/aromatic N) is 2. The van der Waals surface area contributed by atoms with Crippen LogP contribution in [0.2, 0.25) is 0 Å². The van der Waals surface area contributed by atoms with Crippen LogP contribution in [0.3, 0.4) is 0 Å². The predicted molar refractivity (Wildman–Crippen MR) is 79.7 cm³/mol. The van der Waals surface area contributed by atoms with Crippen molar-refractivity contribution in [3.63, 3.8) is 0 Å². The van der Waals surface area contributed by atoms with Gasteiger partial charge in [0.15, 0.2) is 0 Å². The molecular weight excluding hydrogens is 254 g/mol. The molecule has 0 spiro atoms. The maximum absolute atomic E-state index is 4.83. The van der Waals surface area contributed by atoms with Gasteiger partial charge in [0.1, 0.15) is 5.01 Å². The minimum absolute atomic E-state index is 0.552. The van der Waals surface area contributed by atoms with Gasteiger partial charge in [-0.3, -0.25) is 0 Å². The average molecular weight is 273 g/mol. The second-order valence-electron chi connectivity index (χ2n) is 5.15. The minimum Gasteiger partial charge on any atom is -0.316 e. The quantitative estimate of drug-likeness (QED) is 0.912. The lowest BCUT2D eigenvalue weighted by atomic mass is 9.95. The lowest BCUT2D eigenvalue weighted by Gasteiger charge is -2.22. The summed E-state index contributed by atoms with van der Waals surface area (Å²) in [6.07, 6.45) is 2.48. The molecule has 100 valence electrons. The van der Waals surface area contributed by atoms with Crippen LogP contribution >= 0.6 is 11.3 Å². The Hall–Kier alpha value is -1.26. The van der Waals surface area contributed by atoms with Crippen LogP contribution in [0.1, 0.15) is 35.0 Å². The molecule has 19 heavy (non-hydrogen) atoms. The van der Waals surface area contributed by atoms with Crippen molar-refractivity contribution in [2.75, 3.05) is 13.1 Å². The highest BCUT2D eigenvalue weighted by atomic mass is 32.1. The Morgan fingerprint density at radius 1 is 1.26 bits per heavy atom. The smallest absolute Gasteiger partial charge is 0.142 e. The van der Waals surface area contributed by atoms with Crippen LogP contribution in [-0.2, 0) is 0 Å². The predicted octanol–water partition coefficient (Wildman–Crippen LogP) is 3.29. The van der Waals surface area contributed by atoms with Crippen LogP contribution in [0.5, 0.6) is 0 Å². The van der Waals surface area contributed by atoms with Gasteiger partial charge in [-0.2, -0.15) is 0 Å². The first-order valence-corrected chi connectivity index (χ1v) is 7.68. The first kappa shape index (κ1) is 12.8. The van der Waals surface area contributed by atoms with Gasteiger partial charge in [-0.05, 0) is 45.4 Å². The lowest BCUT2D eigenvalue weighted by molar-refractivity contribution is 0.455. The van der Waals surface area contributed by atoms with E-state index in [-0.39, 0.29) is 0 Å². The van der Waals surface area contributed by atoms with E-state index in [1.807, 2.05) is 0 Å².